The molecule has 23 heavy (non-hydrogen) atoms. The predicted octanol–water partition coefficient (Wildman–Crippen LogP) is 4.15. The molecule has 0 radical (unpaired) electrons. The van der Waals surface area contributed by atoms with E-state index in [9.17, 15) is 4.79 Å². The fourth-order valence-corrected chi connectivity index (χ4v) is 2.37. The van der Waals surface area contributed by atoms with Crippen molar-refractivity contribution in [3.05, 3.63) is 59.4 Å². The third kappa shape index (κ3) is 2.70. The molecule has 2 heterocycles. The number of fused-ring (bicyclic) bond motifs is 1. The van der Waals surface area contributed by atoms with Crippen molar-refractivity contribution in [2.24, 2.45) is 10.2 Å². The van der Waals surface area contributed by atoms with Crippen LogP contribution in [0, 0.1) is 13.8 Å². The van der Waals surface area contributed by atoms with Crippen molar-refractivity contribution >= 4 is 23.1 Å². The van der Waals surface area contributed by atoms with E-state index in [-0.39, 0.29) is 0 Å². The van der Waals surface area contributed by atoms with E-state index < -0.39 is 5.97 Å². The zero-order valence-electron chi connectivity index (χ0n) is 13.1. The summed E-state index contributed by atoms with van der Waals surface area (Å²) in [5.74, 6) is 0.202. The van der Waals surface area contributed by atoms with Gasteiger partial charge >= 0.3 is 5.97 Å². The topological polar surface area (TPSA) is 68.3 Å². The summed E-state index contributed by atoms with van der Waals surface area (Å²) >= 11 is 0. The monoisotopic (exact) mass is 308 g/mol. The maximum Gasteiger partial charge on any atom is 0.340 e. The van der Waals surface area contributed by atoms with Gasteiger partial charge in [-0.05, 0) is 37.6 Å². The third-order valence-electron chi connectivity index (χ3n) is 3.55. The van der Waals surface area contributed by atoms with E-state index in [4.69, 9.17) is 4.74 Å². The first kappa shape index (κ1) is 14.9. The number of benzene rings is 1. The molecule has 0 aliphatic heterocycles. The Hall–Kier alpha value is -3.02. The molecule has 0 atom stereocenters. The number of nitrogens with zero attached hydrogens (tertiary/aromatic N) is 4. The first-order valence-electron chi connectivity index (χ1n) is 7.15. The highest BCUT2D eigenvalue weighted by molar-refractivity contribution is 5.94. The third-order valence-corrected chi connectivity index (χ3v) is 3.55. The van der Waals surface area contributed by atoms with Crippen LogP contribution >= 0.6 is 0 Å². The van der Waals surface area contributed by atoms with Crippen LogP contribution in [0.25, 0.3) is 5.65 Å². The van der Waals surface area contributed by atoms with Crippen molar-refractivity contribution in [1.29, 1.82) is 0 Å². The van der Waals surface area contributed by atoms with E-state index in [1.54, 1.807) is 24.3 Å². The van der Waals surface area contributed by atoms with Gasteiger partial charge in [0, 0.05) is 6.20 Å². The minimum absolute atomic E-state index is 0.376. The number of hydrogen-bond donors (Lipinski definition) is 0. The van der Waals surface area contributed by atoms with Crippen LogP contribution in [0.4, 0.5) is 11.5 Å². The summed E-state index contributed by atoms with van der Waals surface area (Å²) in [5, 5.41) is 8.52. The molecule has 0 bridgehead atoms. The zero-order chi connectivity index (χ0) is 16.4. The van der Waals surface area contributed by atoms with Crippen LogP contribution in [0.1, 0.15) is 21.6 Å². The summed E-state index contributed by atoms with van der Waals surface area (Å²) in [7, 11) is 1.34. The maximum absolute atomic E-state index is 11.8. The number of aromatic nitrogens is 2. The SMILES string of the molecule is COC(=O)c1ccccc1N=Nc1c(C)nc2c(C)cccn12. The van der Waals surface area contributed by atoms with E-state index in [2.05, 4.69) is 15.2 Å². The van der Waals surface area contributed by atoms with Crippen molar-refractivity contribution < 1.29 is 9.53 Å². The van der Waals surface area contributed by atoms with E-state index in [0.717, 1.165) is 16.9 Å². The highest BCUT2D eigenvalue weighted by Gasteiger charge is 2.12. The van der Waals surface area contributed by atoms with Crippen molar-refractivity contribution in [2.45, 2.75) is 13.8 Å². The highest BCUT2D eigenvalue weighted by Crippen LogP contribution is 2.26. The van der Waals surface area contributed by atoms with Crippen molar-refractivity contribution in [3.8, 4) is 0 Å². The standard InChI is InChI=1S/C17H16N4O2/c1-11-7-6-10-21-15(11)18-12(2)16(21)20-19-14-9-5-4-8-13(14)17(22)23-3/h4-10H,1-3H3. The van der Waals surface area contributed by atoms with Gasteiger partial charge in [0.1, 0.15) is 11.3 Å². The fourth-order valence-electron chi connectivity index (χ4n) is 2.37. The fraction of sp³-hybridized carbons (Fsp3) is 0.176. The highest BCUT2D eigenvalue weighted by atomic mass is 16.5. The number of hydrogen-bond acceptors (Lipinski definition) is 5. The second-order valence-corrected chi connectivity index (χ2v) is 5.11. The molecule has 6 heteroatoms. The van der Waals surface area contributed by atoms with Gasteiger partial charge in [-0.15, -0.1) is 10.2 Å². The smallest absolute Gasteiger partial charge is 0.340 e. The Morgan fingerprint density at radius 1 is 1.13 bits per heavy atom. The number of methoxy groups -OCH3 is 1. The Balaban J connectivity index is 2.07. The van der Waals surface area contributed by atoms with Gasteiger partial charge in [-0.25, -0.2) is 9.78 Å². The molecule has 0 fully saturated rings. The van der Waals surface area contributed by atoms with Gasteiger partial charge < -0.3 is 4.74 Å². The summed E-state index contributed by atoms with van der Waals surface area (Å²) in [6.45, 7) is 3.88. The lowest BCUT2D eigenvalue weighted by Gasteiger charge is -2.02. The minimum Gasteiger partial charge on any atom is -0.465 e. The quantitative estimate of drug-likeness (QED) is 0.539. The first-order valence-corrected chi connectivity index (χ1v) is 7.15. The average Bonchev–Trinajstić information content (AvgIpc) is 2.89. The number of esters is 1. The lowest BCUT2D eigenvalue weighted by Crippen LogP contribution is -2.00. The molecule has 0 saturated heterocycles. The number of ether oxygens (including phenoxy) is 1. The van der Waals surface area contributed by atoms with Gasteiger partial charge in [0.05, 0.1) is 18.4 Å². The molecule has 3 rings (SSSR count). The van der Waals surface area contributed by atoms with E-state index in [0.29, 0.717) is 17.1 Å². The molecule has 0 unspecified atom stereocenters. The molecule has 2 aromatic heterocycles. The van der Waals surface area contributed by atoms with E-state index in [1.165, 1.54) is 7.11 Å². The summed E-state index contributed by atoms with van der Waals surface area (Å²) in [5.41, 5.74) is 3.52. The number of pyridine rings is 1. The molecule has 1 aromatic carbocycles. The average molecular weight is 308 g/mol. The Morgan fingerprint density at radius 2 is 1.91 bits per heavy atom. The normalized spacial score (nSPS) is 11.3. The Kier molecular flexibility index (Phi) is 3.89. The molecule has 0 aliphatic rings. The lowest BCUT2D eigenvalue weighted by molar-refractivity contribution is 0.0601. The van der Waals surface area contributed by atoms with Crippen molar-refractivity contribution in [1.82, 2.24) is 9.38 Å². The Morgan fingerprint density at radius 3 is 2.70 bits per heavy atom. The first-order chi connectivity index (χ1) is 11.1. The van der Waals surface area contributed by atoms with Gasteiger partial charge in [-0.2, -0.15) is 0 Å². The molecule has 0 spiro atoms. The van der Waals surface area contributed by atoms with Crippen molar-refractivity contribution in [2.75, 3.05) is 7.11 Å². The zero-order valence-corrected chi connectivity index (χ0v) is 13.1. The molecule has 116 valence electrons. The number of azo groups is 1. The van der Waals surface area contributed by atoms with Crippen molar-refractivity contribution in [3.63, 3.8) is 0 Å². The molecule has 0 aliphatic carbocycles. The van der Waals surface area contributed by atoms with Crippen LogP contribution in [0.5, 0.6) is 0 Å². The number of carbonyl (C=O) groups excluding carboxylic acids is 1. The summed E-state index contributed by atoms with van der Waals surface area (Å²) in [6, 6.07) is 10.9. The van der Waals surface area contributed by atoms with Crippen LogP contribution < -0.4 is 0 Å². The molecule has 0 saturated carbocycles. The molecular formula is C17H16N4O2. The molecule has 0 amide bonds. The van der Waals surface area contributed by atoms with Crippen LogP contribution in [0.2, 0.25) is 0 Å². The van der Waals surface area contributed by atoms with Gasteiger partial charge in [0.2, 0.25) is 0 Å². The number of aryl methyl sites for hydroxylation is 2. The molecular weight excluding hydrogens is 292 g/mol. The Labute approximate surface area is 133 Å². The second kappa shape index (κ2) is 6.00. The van der Waals surface area contributed by atoms with Crippen LogP contribution in [0.3, 0.4) is 0 Å². The number of rotatable bonds is 3. The summed E-state index contributed by atoms with van der Waals surface area (Å²) < 4.78 is 6.65. The van der Waals surface area contributed by atoms with Crippen LogP contribution in [0.15, 0.2) is 52.8 Å². The van der Waals surface area contributed by atoms with Crippen LogP contribution in [-0.2, 0) is 4.74 Å². The molecule has 6 nitrogen and oxygen atoms in total. The van der Waals surface area contributed by atoms with Crippen LogP contribution in [-0.4, -0.2) is 22.5 Å². The molecule has 3 aromatic rings. The summed E-state index contributed by atoms with van der Waals surface area (Å²) in [6.07, 6.45) is 1.89. The summed E-state index contributed by atoms with van der Waals surface area (Å²) in [4.78, 5) is 16.3. The maximum atomic E-state index is 11.8. The van der Waals surface area contributed by atoms with Gasteiger partial charge in [-0.1, -0.05) is 18.2 Å². The number of imidazole rings is 1. The number of carbonyl (C=O) groups is 1. The predicted molar refractivity (Wildman–Crippen MR) is 86.6 cm³/mol. The largest absolute Gasteiger partial charge is 0.465 e. The van der Waals surface area contributed by atoms with E-state index in [1.807, 2.05) is 36.6 Å². The lowest BCUT2D eigenvalue weighted by atomic mass is 10.2. The minimum atomic E-state index is -0.440. The molecule has 0 N–H and O–H groups in total. The second-order valence-electron chi connectivity index (χ2n) is 5.11. The van der Waals surface area contributed by atoms with Gasteiger partial charge in [-0.3, -0.25) is 4.40 Å². The van der Waals surface area contributed by atoms with Gasteiger partial charge in [0.25, 0.3) is 0 Å². The van der Waals surface area contributed by atoms with Gasteiger partial charge in [0.15, 0.2) is 5.82 Å². The van der Waals surface area contributed by atoms with E-state index >= 15 is 0 Å². The Bertz CT molecular complexity index is 912.